The van der Waals surface area contributed by atoms with Crippen LogP contribution in [0.5, 0.6) is 0 Å². The number of alkyl halides is 3. The summed E-state index contributed by atoms with van der Waals surface area (Å²) in [5.41, 5.74) is 2.08. The minimum absolute atomic E-state index is 0. The van der Waals surface area contributed by atoms with Gasteiger partial charge in [-0.2, -0.15) is 13.2 Å². The van der Waals surface area contributed by atoms with Gasteiger partial charge in [0, 0.05) is 43.2 Å². The van der Waals surface area contributed by atoms with Crippen molar-refractivity contribution in [1.29, 1.82) is 0 Å². The maximum Gasteiger partial charge on any atom is 0.417 e. The summed E-state index contributed by atoms with van der Waals surface area (Å²) in [7, 11) is 0. The summed E-state index contributed by atoms with van der Waals surface area (Å²) < 4.78 is 40.7. The number of aromatic nitrogens is 1. The number of pyridine rings is 1. The van der Waals surface area contributed by atoms with Crippen LogP contribution in [0.1, 0.15) is 58.2 Å². The maximum atomic E-state index is 13.6. The number of allylic oxidation sites excluding steroid dienone is 2. The van der Waals surface area contributed by atoms with Gasteiger partial charge in [0.05, 0.1) is 5.56 Å². The number of rotatable bonds is 2. The van der Waals surface area contributed by atoms with Crippen LogP contribution in [-0.4, -0.2) is 15.9 Å². The van der Waals surface area contributed by atoms with E-state index < -0.39 is 17.2 Å². The average molecular weight is 727 g/mol. The first-order chi connectivity index (χ1) is 17.9. The number of benzene rings is 3. The Bertz CT molecular complexity index is 1540. The van der Waals surface area contributed by atoms with Crippen molar-refractivity contribution in [3.05, 3.63) is 89.3 Å². The second-order valence-corrected chi connectivity index (χ2v) is 11.9. The standard InChI is InChI=1S/C22H15F3N.C11H20O2.Ir/c1-13-9-14(2)11-16(10-13)21-20-15(7-8-26-21)12-19(22(23,24)25)17-5-3-4-6-18(17)20;1-10(2,3)8(12)7-9(13)11(4,5)6;/h3-10,12H,1-2H3;7,12H,1-6H3;/q-1;;. The van der Waals surface area contributed by atoms with Gasteiger partial charge < -0.3 is 10.1 Å². The quantitative estimate of drug-likeness (QED) is 0.0970. The second-order valence-electron chi connectivity index (χ2n) is 11.9. The average Bonchev–Trinajstić information content (AvgIpc) is 2.81. The molecule has 4 rings (SSSR count). The van der Waals surface area contributed by atoms with Crippen molar-refractivity contribution >= 4 is 27.3 Å². The summed E-state index contributed by atoms with van der Waals surface area (Å²) in [6.07, 6.45) is -1.53. The molecule has 0 unspecified atom stereocenters. The van der Waals surface area contributed by atoms with Crippen LogP contribution in [0.3, 0.4) is 0 Å². The van der Waals surface area contributed by atoms with Crippen molar-refractivity contribution < 1.29 is 43.2 Å². The summed E-state index contributed by atoms with van der Waals surface area (Å²) in [4.78, 5) is 16.0. The normalized spacial score (nSPS) is 12.5. The molecule has 40 heavy (non-hydrogen) atoms. The number of carbonyl (C=O) groups excluding carboxylic acids is 1. The topological polar surface area (TPSA) is 50.2 Å². The first-order valence-corrected chi connectivity index (χ1v) is 12.7. The van der Waals surface area contributed by atoms with Crippen LogP contribution in [0.4, 0.5) is 13.2 Å². The molecule has 4 aromatic rings. The predicted octanol–water partition coefficient (Wildman–Crippen LogP) is 9.58. The molecule has 3 nitrogen and oxygen atoms in total. The van der Waals surface area contributed by atoms with Crippen LogP contribution in [0.2, 0.25) is 0 Å². The number of aliphatic hydroxyl groups excluding tert-OH is 1. The molecule has 0 fully saturated rings. The van der Waals surface area contributed by atoms with E-state index in [0.29, 0.717) is 16.5 Å². The Kier molecular flexibility index (Phi) is 10.2. The number of nitrogens with zero attached hydrogens (tertiary/aromatic N) is 1. The molecule has 215 valence electrons. The fraction of sp³-hybridized carbons (Fsp3) is 0.333. The van der Waals surface area contributed by atoms with Crippen molar-refractivity contribution in [1.82, 2.24) is 4.98 Å². The van der Waals surface area contributed by atoms with E-state index in [1.807, 2.05) is 67.5 Å². The number of aryl methyl sites for hydroxylation is 2. The molecule has 0 spiro atoms. The molecule has 1 radical (unpaired) electrons. The molecule has 0 atom stereocenters. The van der Waals surface area contributed by atoms with E-state index in [2.05, 4.69) is 11.1 Å². The largest absolute Gasteiger partial charge is 0.512 e. The van der Waals surface area contributed by atoms with Gasteiger partial charge in [-0.05, 0) is 39.4 Å². The van der Waals surface area contributed by atoms with Crippen molar-refractivity contribution in [3.8, 4) is 11.3 Å². The minimum Gasteiger partial charge on any atom is -0.512 e. The van der Waals surface area contributed by atoms with E-state index in [9.17, 15) is 23.1 Å². The summed E-state index contributed by atoms with van der Waals surface area (Å²) >= 11 is 0. The van der Waals surface area contributed by atoms with Crippen LogP contribution in [0.15, 0.2) is 66.6 Å². The third kappa shape index (κ3) is 7.80. The number of aliphatic hydroxyl groups is 1. The minimum atomic E-state index is -4.41. The molecule has 1 aromatic heterocycles. The third-order valence-electron chi connectivity index (χ3n) is 6.25. The third-order valence-corrected chi connectivity index (χ3v) is 6.25. The zero-order valence-electron chi connectivity index (χ0n) is 24.0. The first-order valence-electron chi connectivity index (χ1n) is 12.7. The van der Waals surface area contributed by atoms with Crippen LogP contribution in [-0.2, 0) is 31.1 Å². The van der Waals surface area contributed by atoms with Crippen LogP contribution in [0, 0.1) is 30.7 Å². The number of fused-ring (bicyclic) bond motifs is 3. The van der Waals surface area contributed by atoms with Gasteiger partial charge in [0.2, 0.25) is 0 Å². The number of ketones is 1. The zero-order valence-corrected chi connectivity index (χ0v) is 26.4. The molecule has 3 aromatic carbocycles. The molecule has 0 aliphatic carbocycles. The number of halogens is 3. The Balaban J connectivity index is 0.000000344. The first kappa shape index (κ1) is 33.2. The van der Waals surface area contributed by atoms with E-state index in [0.717, 1.165) is 22.1 Å². The molecule has 1 N–H and O–H groups in total. The monoisotopic (exact) mass is 727 g/mol. The Labute approximate surface area is 247 Å². The SMILES string of the molecule is CC(C)(C)C(=O)C=C(O)C(C)(C)C.Cc1[c-]c(-c2nccc3cc(C(F)(F)F)c4ccccc4c23)cc(C)c1.[Ir]. The van der Waals surface area contributed by atoms with Crippen molar-refractivity contribution in [2.24, 2.45) is 10.8 Å². The molecular weight excluding hydrogens is 692 g/mol. The van der Waals surface area contributed by atoms with Gasteiger partial charge >= 0.3 is 6.18 Å². The van der Waals surface area contributed by atoms with Crippen LogP contribution >= 0.6 is 0 Å². The van der Waals surface area contributed by atoms with Gasteiger partial charge in [0.1, 0.15) is 5.76 Å². The number of hydrogen-bond acceptors (Lipinski definition) is 3. The van der Waals surface area contributed by atoms with E-state index in [1.165, 1.54) is 18.2 Å². The van der Waals surface area contributed by atoms with Gasteiger partial charge in [0.25, 0.3) is 0 Å². The van der Waals surface area contributed by atoms with E-state index in [1.54, 1.807) is 30.5 Å². The zero-order chi connectivity index (χ0) is 29.3. The Morgan fingerprint density at radius 2 is 1.50 bits per heavy atom. The molecule has 0 bridgehead atoms. The van der Waals surface area contributed by atoms with Crippen LogP contribution < -0.4 is 0 Å². The molecule has 0 amide bonds. The molecule has 0 saturated carbocycles. The summed E-state index contributed by atoms with van der Waals surface area (Å²) in [5.74, 6) is 0.104. The number of carbonyl (C=O) groups is 1. The van der Waals surface area contributed by atoms with Gasteiger partial charge in [-0.25, -0.2) is 0 Å². The summed E-state index contributed by atoms with van der Waals surface area (Å²) in [5, 5.41) is 11.5. The maximum absolute atomic E-state index is 13.6. The van der Waals surface area contributed by atoms with Gasteiger partial charge in [-0.15, -0.1) is 34.9 Å². The van der Waals surface area contributed by atoms with E-state index in [-0.39, 0.29) is 42.4 Å². The molecule has 1 heterocycles. The van der Waals surface area contributed by atoms with E-state index in [4.69, 9.17) is 0 Å². The predicted molar refractivity (Wildman–Crippen MR) is 153 cm³/mol. The van der Waals surface area contributed by atoms with Crippen molar-refractivity contribution in [2.45, 2.75) is 61.6 Å². The molecular formula is C33H35F3IrNO2-. The van der Waals surface area contributed by atoms with Crippen LogP contribution in [0.25, 0.3) is 32.8 Å². The Morgan fingerprint density at radius 1 is 0.900 bits per heavy atom. The summed E-state index contributed by atoms with van der Waals surface area (Å²) in [6, 6.07) is 16.7. The second kappa shape index (κ2) is 12.2. The molecule has 0 aliphatic rings. The van der Waals surface area contributed by atoms with Gasteiger partial charge in [0.15, 0.2) is 5.78 Å². The van der Waals surface area contributed by atoms with Crippen molar-refractivity contribution in [3.63, 3.8) is 0 Å². The Hall–Kier alpha value is -3.02. The van der Waals surface area contributed by atoms with Gasteiger partial charge in [-0.3, -0.25) is 4.79 Å². The van der Waals surface area contributed by atoms with Crippen molar-refractivity contribution in [2.75, 3.05) is 0 Å². The Morgan fingerprint density at radius 3 is 2.02 bits per heavy atom. The van der Waals surface area contributed by atoms with E-state index >= 15 is 0 Å². The fourth-order valence-corrected chi connectivity index (χ4v) is 4.07. The molecule has 0 saturated heterocycles. The fourth-order valence-electron chi connectivity index (χ4n) is 4.07. The van der Waals surface area contributed by atoms with Gasteiger partial charge in [-0.1, -0.05) is 79.7 Å². The molecule has 7 heteroatoms. The number of hydrogen-bond donors (Lipinski definition) is 1. The smallest absolute Gasteiger partial charge is 0.417 e. The molecule has 0 aliphatic heterocycles. The summed E-state index contributed by atoms with van der Waals surface area (Å²) in [6.45, 7) is 15.0.